The maximum atomic E-state index is 12.6. The lowest BCUT2D eigenvalue weighted by molar-refractivity contribution is -0.132. The molecule has 2 amide bonds. The molecule has 1 aliphatic rings. The molecular weight excluding hydrogens is 400 g/mol. The largest absolute Gasteiger partial charge is 0.338 e. The second-order valence-electron chi connectivity index (χ2n) is 7.18. The summed E-state index contributed by atoms with van der Waals surface area (Å²) in [7, 11) is 0. The number of hydrogen-bond acceptors (Lipinski definition) is 4. The Hall–Kier alpha value is -3.25. The normalized spacial score (nSPS) is 12.9. The van der Waals surface area contributed by atoms with Gasteiger partial charge in [0.2, 0.25) is 11.9 Å². The highest BCUT2D eigenvalue weighted by atomic mass is 35.5. The number of hydrogen-bond donors (Lipinski definition) is 1. The molecule has 0 saturated carbocycles. The molecule has 0 fully saturated rings. The second kappa shape index (κ2) is 9.05. The highest BCUT2D eigenvalue weighted by Crippen LogP contribution is 2.19. The number of amides is 2. The smallest absolute Gasteiger partial charge is 0.258 e. The maximum absolute atomic E-state index is 12.6. The van der Waals surface area contributed by atoms with Crippen molar-refractivity contribution in [2.75, 3.05) is 11.9 Å². The van der Waals surface area contributed by atoms with Crippen LogP contribution >= 0.6 is 11.6 Å². The highest BCUT2D eigenvalue weighted by molar-refractivity contribution is 6.31. The third-order valence-corrected chi connectivity index (χ3v) is 5.30. The van der Waals surface area contributed by atoms with Crippen LogP contribution in [0.4, 0.5) is 5.95 Å². The van der Waals surface area contributed by atoms with Crippen LogP contribution in [-0.4, -0.2) is 33.2 Å². The Morgan fingerprint density at radius 3 is 2.73 bits per heavy atom. The van der Waals surface area contributed by atoms with E-state index in [1.165, 1.54) is 0 Å². The summed E-state index contributed by atoms with van der Waals surface area (Å²) in [5, 5.41) is 3.20. The molecule has 0 aliphatic carbocycles. The summed E-state index contributed by atoms with van der Waals surface area (Å²) in [5.74, 6) is 0.0661. The molecule has 3 aromatic rings. The Morgan fingerprint density at radius 1 is 1.10 bits per heavy atom. The number of halogens is 1. The van der Waals surface area contributed by atoms with Gasteiger partial charge in [-0.05, 0) is 30.2 Å². The van der Waals surface area contributed by atoms with Crippen LogP contribution in [0, 0.1) is 0 Å². The van der Waals surface area contributed by atoms with Crippen molar-refractivity contribution in [1.82, 2.24) is 14.9 Å². The summed E-state index contributed by atoms with van der Waals surface area (Å²) in [6.07, 6.45) is 3.53. The number of carbonyl (C=O) groups is 2. The molecule has 0 unspecified atom stereocenters. The Morgan fingerprint density at radius 2 is 1.93 bits per heavy atom. The topological polar surface area (TPSA) is 75.2 Å². The molecule has 0 radical (unpaired) electrons. The molecule has 0 spiro atoms. The number of aryl methyl sites for hydroxylation is 1. The first-order valence-electron chi connectivity index (χ1n) is 9.82. The third-order valence-electron chi connectivity index (χ3n) is 5.07. The molecule has 30 heavy (non-hydrogen) atoms. The molecular formula is C23H21ClN4O2. The number of anilines is 1. The van der Waals surface area contributed by atoms with E-state index in [2.05, 4.69) is 15.3 Å². The minimum Gasteiger partial charge on any atom is -0.338 e. The van der Waals surface area contributed by atoms with Crippen molar-refractivity contribution in [2.24, 2.45) is 0 Å². The van der Waals surface area contributed by atoms with Gasteiger partial charge in [-0.1, -0.05) is 48.0 Å². The van der Waals surface area contributed by atoms with E-state index in [-0.39, 0.29) is 17.8 Å². The highest BCUT2D eigenvalue weighted by Gasteiger charge is 2.22. The lowest BCUT2D eigenvalue weighted by Crippen LogP contribution is -2.36. The Balaban J connectivity index is 1.37. The summed E-state index contributed by atoms with van der Waals surface area (Å²) in [4.78, 5) is 35.5. The number of benzene rings is 2. The second-order valence-corrected chi connectivity index (χ2v) is 7.62. The quantitative estimate of drug-likeness (QED) is 0.679. The van der Waals surface area contributed by atoms with Crippen molar-refractivity contribution < 1.29 is 9.59 Å². The Bertz CT molecular complexity index is 1070. The molecule has 1 aromatic heterocycles. The van der Waals surface area contributed by atoms with Gasteiger partial charge in [0, 0.05) is 48.3 Å². The molecule has 6 nitrogen and oxygen atoms in total. The number of fused-ring (bicyclic) bond motifs is 1. The average Bonchev–Trinajstić information content (AvgIpc) is 2.77. The van der Waals surface area contributed by atoms with Crippen LogP contribution in [-0.2, 0) is 24.2 Å². The predicted molar refractivity (Wildman–Crippen MR) is 115 cm³/mol. The first-order chi connectivity index (χ1) is 14.6. The predicted octanol–water partition coefficient (Wildman–Crippen LogP) is 3.90. The first-order valence-corrected chi connectivity index (χ1v) is 10.2. The minimum absolute atomic E-state index is 0.128. The van der Waals surface area contributed by atoms with Gasteiger partial charge in [-0.25, -0.2) is 9.97 Å². The van der Waals surface area contributed by atoms with E-state index in [1.54, 1.807) is 30.5 Å². The van der Waals surface area contributed by atoms with Crippen LogP contribution in [0.3, 0.4) is 0 Å². The van der Waals surface area contributed by atoms with E-state index in [4.69, 9.17) is 11.6 Å². The van der Waals surface area contributed by atoms with Gasteiger partial charge in [0.15, 0.2) is 0 Å². The minimum atomic E-state index is -0.314. The van der Waals surface area contributed by atoms with Gasteiger partial charge < -0.3 is 4.90 Å². The SMILES string of the molecule is O=C(Nc1ncc2c(n1)CCN(C(=O)CCc1ccccc1)C2)c1cccc(Cl)c1. The van der Waals surface area contributed by atoms with Crippen molar-refractivity contribution in [2.45, 2.75) is 25.8 Å². The zero-order valence-corrected chi connectivity index (χ0v) is 17.1. The van der Waals surface area contributed by atoms with Gasteiger partial charge in [0.25, 0.3) is 5.91 Å². The fourth-order valence-electron chi connectivity index (χ4n) is 3.45. The van der Waals surface area contributed by atoms with Crippen molar-refractivity contribution in [3.05, 3.63) is 88.2 Å². The Labute approximate surface area is 179 Å². The van der Waals surface area contributed by atoms with Crippen LogP contribution in [0.5, 0.6) is 0 Å². The molecule has 0 bridgehead atoms. The number of aromatic nitrogens is 2. The van der Waals surface area contributed by atoms with E-state index in [0.29, 0.717) is 36.5 Å². The van der Waals surface area contributed by atoms with Gasteiger partial charge in [-0.15, -0.1) is 0 Å². The number of rotatable bonds is 5. The van der Waals surface area contributed by atoms with Crippen LogP contribution in [0.1, 0.15) is 33.6 Å². The fraction of sp³-hybridized carbons (Fsp3) is 0.217. The van der Waals surface area contributed by atoms with E-state index in [1.807, 2.05) is 35.2 Å². The summed E-state index contributed by atoms with van der Waals surface area (Å²) in [5.41, 5.74) is 3.37. The van der Waals surface area contributed by atoms with Crippen molar-refractivity contribution in [3.8, 4) is 0 Å². The summed E-state index contributed by atoms with van der Waals surface area (Å²) in [6.45, 7) is 1.10. The van der Waals surface area contributed by atoms with Crippen LogP contribution in [0.15, 0.2) is 60.8 Å². The Kier molecular flexibility index (Phi) is 6.05. The maximum Gasteiger partial charge on any atom is 0.258 e. The molecule has 1 aliphatic heterocycles. The van der Waals surface area contributed by atoms with E-state index in [9.17, 15) is 9.59 Å². The number of carbonyl (C=O) groups excluding carboxylic acids is 2. The lowest BCUT2D eigenvalue weighted by atomic mass is 10.1. The van der Waals surface area contributed by atoms with E-state index in [0.717, 1.165) is 23.2 Å². The first kappa shape index (κ1) is 20.0. The number of nitrogens with zero attached hydrogens (tertiary/aromatic N) is 3. The lowest BCUT2D eigenvalue weighted by Gasteiger charge is -2.28. The van der Waals surface area contributed by atoms with Crippen molar-refractivity contribution in [1.29, 1.82) is 0 Å². The standard InChI is InChI=1S/C23H21ClN4O2/c24-19-8-4-7-17(13-19)22(30)27-23-25-14-18-15-28(12-11-20(18)26-23)21(29)10-9-16-5-2-1-3-6-16/h1-8,13-14H,9-12,15H2,(H,25,26,27,30). The average molecular weight is 421 g/mol. The molecule has 152 valence electrons. The molecule has 0 saturated heterocycles. The summed E-state index contributed by atoms with van der Waals surface area (Å²) < 4.78 is 0. The molecule has 7 heteroatoms. The summed E-state index contributed by atoms with van der Waals surface area (Å²) in [6, 6.07) is 16.7. The van der Waals surface area contributed by atoms with Crippen molar-refractivity contribution in [3.63, 3.8) is 0 Å². The van der Waals surface area contributed by atoms with Crippen LogP contribution < -0.4 is 5.32 Å². The van der Waals surface area contributed by atoms with Crippen LogP contribution in [0.25, 0.3) is 0 Å². The summed E-state index contributed by atoms with van der Waals surface area (Å²) >= 11 is 5.94. The monoisotopic (exact) mass is 420 g/mol. The molecule has 2 aromatic carbocycles. The van der Waals surface area contributed by atoms with E-state index < -0.39 is 0 Å². The molecule has 2 heterocycles. The fourth-order valence-corrected chi connectivity index (χ4v) is 3.64. The van der Waals surface area contributed by atoms with Gasteiger partial charge >= 0.3 is 0 Å². The van der Waals surface area contributed by atoms with Gasteiger partial charge in [0.1, 0.15) is 0 Å². The zero-order chi connectivity index (χ0) is 20.9. The van der Waals surface area contributed by atoms with Crippen LogP contribution in [0.2, 0.25) is 5.02 Å². The third kappa shape index (κ3) is 4.83. The molecule has 0 atom stereocenters. The number of nitrogens with one attached hydrogen (secondary N) is 1. The molecule has 1 N–H and O–H groups in total. The van der Waals surface area contributed by atoms with Gasteiger partial charge in [-0.3, -0.25) is 14.9 Å². The van der Waals surface area contributed by atoms with Crippen molar-refractivity contribution >= 4 is 29.4 Å². The van der Waals surface area contributed by atoms with E-state index >= 15 is 0 Å². The zero-order valence-electron chi connectivity index (χ0n) is 16.3. The molecule has 4 rings (SSSR count). The van der Waals surface area contributed by atoms with Gasteiger partial charge in [-0.2, -0.15) is 0 Å². The van der Waals surface area contributed by atoms with Gasteiger partial charge in [0.05, 0.1) is 5.69 Å².